The second-order valence-corrected chi connectivity index (χ2v) is 17.0. The fourth-order valence-electron chi connectivity index (χ4n) is 7.04. The molecular formula is C48H64FN5O11. The molecule has 0 saturated carbocycles. The van der Waals surface area contributed by atoms with Gasteiger partial charge in [-0.1, -0.05) is 42.5 Å². The first kappa shape index (κ1) is 52.8. The first-order chi connectivity index (χ1) is 30.5. The topological polar surface area (TPSA) is 199 Å². The third kappa shape index (κ3) is 15.6. The van der Waals surface area contributed by atoms with Gasteiger partial charge in [0.25, 0.3) is 0 Å². The van der Waals surface area contributed by atoms with Crippen molar-refractivity contribution in [1.29, 1.82) is 0 Å². The minimum absolute atomic E-state index is 0.0397. The first-order valence-corrected chi connectivity index (χ1v) is 21.2. The van der Waals surface area contributed by atoms with Crippen LogP contribution in [0.5, 0.6) is 17.2 Å². The molecule has 16 nitrogen and oxygen atoms in total. The number of nitrogens with one attached hydrogen (secondary N) is 3. The van der Waals surface area contributed by atoms with Crippen LogP contribution in [0.2, 0.25) is 0 Å². The molecule has 6 atom stereocenters. The van der Waals surface area contributed by atoms with E-state index in [-0.39, 0.29) is 43.0 Å². The molecule has 0 aliphatic heterocycles. The van der Waals surface area contributed by atoms with Crippen molar-refractivity contribution >= 4 is 41.3 Å². The van der Waals surface area contributed by atoms with Crippen molar-refractivity contribution in [2.45, 2.75) is 110 Å². The number of methoxy groups -OCH3 is 3. The van der Waals surface area contributed by atoms with Crippen LogP contribution in [0.15, 0.2) is 66.7 Å². The van der Waals surface area contributed by atoms with Crippen molar-refractivity contribution in [2.24, 2.45) is 5.92 Å². The number of benzene rings is 3. The van der Waals surface area contributed by atoms with E-state index >= 15 is 0 Å². The number of amides is 5. The van der Waals surface area contributed by atoms with E-state index in [1.54, 1.807) is 51.1 Å². The highest BCUT2D eigenvalue weighted by molar-refractivity contribution is 5.97. The first-order valence-electron chi connectivity index (χ1n) is 21.2. The Balaban J connectivity index is 1.88. The Morgan fingerprint density at radius 3 is 1.65 bits per heavy atom. The third-order valence-corrected chi connectivity index (χ3v) is 10.8. The minimum atomic E-state index is -1.35. The normalized spacial score (nSPS) is 13.9. The standard InChI is InChI=1S/C48H64FN5O11/c1-28(52-47(61)65-48(5,6)7)43(57)50-29(2)46(60)54(9)38(25-34-18-20-40(62-10)36(49)23-34)44(58)51-30(3)45(59)53(8)37(24-32-16-14-13-15-17-32)39(56)27-35(31(4)55)22-33-19-21-41(63-11)42(26-33)64-12/h13-21,23,26,28-30,35,37-38H,22,24-25,27H2,1-12H3,(H,50,57)(H,51,58)(H,52,61)/t28-,29+,30+,35-,37+,38+/m1/s1. The molecule has 65 heavy (non-hydrogen) atoms. The van der Waals surface area contributed by atoms with Crippen LogP contribution in [-0.2, 0) is 52.8 Å². The zero-order chi connectivity index (χ0) is 48.8. The van der Waals surface area contributed by atoms with Gasteiger partial charge in [0.05, 0.1) is 27.4 Å². The SMILES string of the molecule is COc1ccc(C[C@@H](C(=O)N[C@@H](C)C(=O)N(C)[C@@H](Cc2ccccc2)C(=O)C[C@@H](Cc2ccc(OC)c(OC)c2)C(C)=O)N(C)C(=O)[C@H](C)NC(=O)[C@@H](C)NC(=O)OC(C)(C)C)cc1F. The molecule has 3 rings (SSSR count). The van der Waals surface area contributed by atoms with E-state index in [0.29, 0.717) is 17.1 Å². The molecule has 0 spiro atoms. The Bertz CT molecular complexity index is 2160. The predicted octanol–water partition coefficient (Wildman–Crippen LogP) is 4.62. The maximum Gasteiger partial charge on any atom is 0.408 e. The highest BCUT2D eigenvalue weighted by Crippen LogP contribution is 2.29. The largest absolute Gasteiger partial charge is 0.494 e. The van der Waals surface area contributed by atoms with Crippen molar-refractivity contribution < 1.29 is 56.9 Å². The second-order valence-electron chi connectivity index (χ2n) is 17.0. The van der Waals surface area contributed by atoms with Gasteiger partial charge in [0.2, 0.25) is 23.6 Å². The number of halogens is 1. The van der Waals surface area contributed by atoms with Crippen molar-refractivity contribution in [3.63, 3.8) is 0 Å². The highest BCUT2D eigenvalue weighted by Gasteiger charge is 2.36. The Hall–Kier alpha value is -6.52. The quantitative estimate of drug-likeness (QED) is 0.127. The van der Waals surface area contributed by atoms with Gasteiger partial charge >= 0.3 is 6.09 Å². The lowest BCUT2D eigenvalue weighted by molar-refractivity contribution is -0.144. The summed E-state index contributed by atoms with van der Waals surface area (Å²) in [6.07, 6.45) is -0.903. The van der Waals surface area contributed by atoms with Crippen LogP contribution in [0.4, 0.5) is 9.18 Å². The van der Waals surface area contributed by atoms with Crippen molar-refractivity contribution in [3.05, 3.63) is 89.2 Å². The summed E-state index contributed by atoms with van der Waals surface area (Å²) < 4.78 is 35.9. The summed E-state index contributed by atoms with van der Waals surface area (Å²) in [5, 5.41) is 7.63. The molecule has 0 unspecified atom stereocenters. The molecule has 3 aromatic carbocycles. The molecule has 3 N–H and O–H groups in total. The smallest absolute Gasteiger partial charge is 0.408 e. The average molecular weight is 906 g/mol. The number of carbonyl (C=O) groups excluding carboxylic acids is 7. The molecule has 17 heteroatoms. The van der Waals surface area contributed by atoms with Gasteiger partial charge in [-0.05, 0) is 102 Å². The fourth-order valence-corrected chi connectivity index (χ4v) is 7.04. The van der Waals surface area contributed by atoms with Gasteiger partial charge in [0.1, 0.15) is 35.6 Å². The zero-order valence-electron chi connectivity index (χ0n) is 39.4. The van der Waals surface area contributed by atoms with Crippen LogP contribution in [0.1, 0.15) is 71.6 Å². The lowest BCUT2D eigenvalue weighted by Crippen LogP contribution is -2.58. The molecular weight excluding hydrogens is 842 g/mol. The number of hydrogen-bond acceptors (Lipinski definition) is 11. The number of Topliss-reactive ketones (excluding diaryl/α,β-unsaturated/α-hetero) is 2. The van der Waals surface area contributed by atoms with E-state index in [9.17, 15) is 38.0 Å². The minimum Gasteiger partial charge on any atom is -0.494 e. The number of likely N-dealkylation sites (N-methyl/N-ethyl adjacent to an activating group) is 2. The van der Waals surface area contributed by atoms with Crippen LogP contribution in [-0.4, -0.2) is 122 Å². The van der Waals surface area contributed by atoms with Crippen LogP contribution >= 0.6 is 0 Å². The fraction of sp³-hybridized carbons (Fsp3) is 0.479. The van der Waals surface area contributed by atoms with E-state index in [1.165, 1.54) is 80.2 Å². The summed E-state index contributed by atoms with van der Waals surface area (Å²) in [5.74, 6) is -3.94. The van der Waals surface area contributed by atoms with Gasteiger partial charge in [-0.3, -0.25) is 28.8 Å². The number of ether oxygens (including phenoxy) is 4. The zero-order valence-corrected chi connectivity index (χ0v) is 39.4. The van der Waals surface area contributed by atoms with Gasteiger partial charge in [-0.15, -0.1) is 0 Å². The second kappa shape index (κ2) is 24.0. The summed E-state index contributed by atoms with van der Waals surface area (Å²) in [7, 11) is 7.09. The molecule has 5 amide bonds. The van der Waals surface area contributed by atoms with E-state index in [2.05, 4.69) is 16.0 Å². The van der Waals surface area contributed by atoms with Crippen molar-refractivity contribution in [2.75, 3.05) is 35.4 Å². The van der Waals surface area contributed by atoms with Crippen LogP contribution < -0.4 is 30.2 Å². The average Bonchev–Trinajstić information content (AvgIpc) is 3.25. The van der Waals surface area contributed by atoms with Crippen molar-refractivity contribution in [1.82, 2.24) is 25.8 Å². The van der Waals surface area contributed by atoms with Crippen LogP contribution in [0.3, 0.4) is 0 Å². The monoisotopic (exact) mass is 905 g/mol. The lowest BCUT2D eigenvalue weighted by atomic mass is 9.87. The molecule has 0 aliphatic carbocycles. The summed E-state index contributed by atoms with van der Waals surface area (Å²) in [6.45, 7) is 10.6. The predicted molar refractivity (Wildman–Crippen MR) is 241 cm³/mol. The summed E-state index contributed by atoms with van der Waals surface area (Å²) in [6, 6.07) is 12.4. The van der Waals surface area contributed by atoms with Gasteiger partial charge in [-0.2, -0.15) is 0 Å². The molecule has 3 aromatic rings. The van der Waals surface area contributed by atoms with Gasteiger partial charge in [-0.25, -0.2) is 9.18 Å². The summed E-state index contributed by atoms with van der Waals surface area (Å²) >= 11 is 0. The van der Waals surface area contributed by atoms with E-state index in [0.717, 1.165) is 22.1 Å². The van der Waals surface area contributed by atoms with Gasteiger partial charge in [0.15, 0.2) is 28.8 Å². The summed E-state index contributed by atoms with van der Waals surface area (Å²) in [4.78, 5) is 97.2. The van der Waals surface area contributed by atoms with E-state index in [1.807, 2.05) is 18.2 Å². The third-order valence-electron chi connectivity index (χ3n) is 10.8. The van der Waals surface area contributed by atoms with Gasteiger partial charge < -0.3 is 44.7 Å². The highest BCUT2D eigenvalue weighted by atomic mass is 19.1. The number of rotatable bonds is 22. The van der Waals surface area contributed by atoms with Crippen LogP contribution in [0.25, 0.3) is 0 Å². The van der Waals surface area contributed by atoms with E-state index < -0.39 is 77.3 Å². The van der Waals surface area contributed by atoms with E-state index in [4.69, 9.17) is 18.9 Å². The number of hydrogen-bond donors (Lipinski definition) is 3. The van der Waals surface area contributed by atoms with Gasteiger partial charge in [0, 0.05) is 32.9 Å². The molecule has 0 aromatic heterocycles. The Morgan fingerprint density at radius 2 is 1.12 bits per heavy atom. The molecule has 354 valence electrons. The molecule has 0 fully saturated rings. The Kier molecular flexibility index (Phi) is 19.5. The Morgan fingerprint density at radius 1 is 0.615 bits per heavy atom. The number of alkyl carbamates (subject to hydrolysis) is 1. The molecule has 0 radical (unpaired) electrons. The maximum absolute atomic E-state index is 14.9. The number of ketones is 2. The molecule has 0 heterocycles. The maximum atomic E-state index is 14.9. The lowest BCUT2D eigenvalue weighted by Gasteiger charge is -2.33. The molecule has 0 saturated heterocycles. The molecule has 0 aliphatic rings. The Labute approximate surface area is 380 Å². The molecule has 0 bridgehead atoms. The number of carbonyl (C=O) groups is 7. The van der Waals surface area contributed by atoms with Crippen LogP contribution in [0, 0.1) is 11.7 Å². The number of nitrogens with zero attached hydrogens (tertiary/aromatic N) is 2. The summed E-state index contributed by atoms with van der Waals surface area (Å²) in [5.41, 5.74) is 0.993. The van der Waals surface area contributed by atoms with Crippen molar-refractivity contribution in [3.8, 4) is 17.2 Å².